The second kappa shape index (κ2) is 6.65. The van der Waals surface area contributed by atoms with Crippen molar-refractivity contribution in [3.8, 4) is 0 Å². The molecule has 0 amide bonds. The van der Waals surface area contributed by atoms with Gasteiger partial charge in [-0.15, -0.1) is 0 Å². The lowest BCUT2D eigenvalue weighted by Crippen LogP contribution is -2.27. The van der Waals surface area contributed by atoms with Crippen LogP contribution in [0.15, 0.2) is 52.1 Å². The second-order valence-electron chi connectivity index (χ2n) is 4.55. The van der Waals surface area contributed by atoms with Crippen LogP contribution in [0.4, 0.5) is 0 Å². The number of hydrogen-bond acceptors (Lipinski definition) is 4. The monoisotopic (exact) mass is 370 g/mol. The first-order valence-electron chi connectivity index (χ1n) is 6.25. The van der Waals surface area contributed by atoms with E-state index in [1.165, 1.54) is 6.07 Å². The van der Waals surface area contributed by atoms with E-state index in [9.17, 15) is 8.42 Å². The number of pyridine rings is 1. The van der Waals surface area contributed by atoms with E-state index < -0.39 is 16.1 Å². The highest BCUT2D eigenvalue weighted by molar-refractivity contribution is 9.10. The molecule has 0 saturated heterocycles. The minimum atomic E-state index is -3.67. The molecule has 1 atom stereocenters. The molecule has 7 heteroatoms. The van der Waals surface area contributed by atoms with Crippen LogP contribution >= 0.6 is 15.9 Å². The third kappa shape index (κ3) is 3.88. The van der Waals surface area contributed by atoms with Gasteiger partial charge in [-0.2, -0.15) is 0 Å². The first kappa shape index (κ1) is 16.1. The molecule has 0 spiro atoms. The molecule has 1 heterocycles. The largest absolute Gasteiger partial charge is 0.392 e. The summed E-state index contributed by atoms with van der Waals surface area (Å²) in [6, 6.07) is 7.80. The Bertz CT molecular complexity index is 720. The summed E-state index contributed by atoms with van der Waals surface area (Å²) in [6.07, 6.45) is 3.26. The molecule has 112 valence electrons. The SMILES string of the molecule is CC(NS(=O)(=O)c1ccc(CO)cc1Br)c1cccnc1. The van der Waals surface area contributed by atoms with Crippen molar-refractivity contribution in [2.45, 2.75) is 24.5 Å². The van der Waals surface area contributed by atoms with Crippen LogP contribution in [-0.4, -0.2) is 18.5 Å². The number of aromatic nitrogens is 1. The predicted molar refractivity (Wildman–Crippen MR) is 83.0 cm³/mol. The number of halogens is 1. The number of rotatable bonds is 5. The molecule has 2 aromatic rings. The smallest absolute Gasteiger partial charge is 0.242 e. The van der Waals surface area contributed by atoms with Crippen LogP contribution in [0.3, 0.4) is 0 Å². The van der Waals surface area contributed by atoms with Crippen molar-refractivity contribution in [2.75, 3.05) is 0 Å². The standard InChI is InChI=1S/C14H15BrN2O3S/c1-10(12-3-2-6-16-8-12)17-21(19,20)14-5-4-11(9-18)7-13(14)15/h2-8,10,17-18H,9H2,1H3. The van der Waals surface area contributed by atoms with Crippen molar-refractivity contribution in [2.24, 2.45) is 0 Å². The van der Waals surface area contributed by atoms with Crippen LogP contribution in [0.1, 0.15) is 24.1 Å². The number of nitrogens with zero attached hydrogens (tertiary/aromatic N) is 1. The molecule has 0 saturated carbocycles. The Morgan fingerprint density at radius 2 is 2.14 bits per heavy atom. The maximum absolute atomic E-state index is 12.4. The minimum Gasteiger partial charge on any atom is -0.392 e. The van der Waals surface area contributed by atoms with Crippen molar-refractivity contribution in [3.05, 3.63) is 58.3 Å². The lowest BCUT2D eigenvalue weighted by Gasteiger charge is -2.15. The molecule has 2 N–H and O–H groups in total. The Kier molecular flexibility index (Phi) is 5.10. The summed E-state index contributed by atoms with van der Waals surface area (Å²) in [5.41, 5.74) is 1.42. The van der Waals surface area contributed by atoms with Crippen LogP contribution in [0.5, 0.6) is 0 Å². The molecule has 1 aromatic heterocycles. The molecule has 2 rings (SSSR count). The van der Waals surface area contributed by atoms with E-state index in [1.807, 2.05) is 6.07 Å². The normalized spacial score (nSPS) is 13.1. The van der Waals surface area contributed by atoms with Crippen LogP contribution in [0, 0.1) is 0 Å². The summed E-state index contributed by atoms with van der Waals surface area (Å²) >= 11 is 3.23. The Morgan fingerprint density at radius 3 is 2.71 bits per heavy atom. The maximum Gasteiger partial charge on any atom is 0.242 e. The molecule has 1 aromatic carbocycles. The predicted octanol–water partition coefficient (Wildman–Crippen LogP) is 2.38. The van der Waals surface area contributed by atoms with Gasteiger partial charge in [0.25, 0.3) is 0 Å². The molecular weight excluding hydrogens is 356 g/mol. The number of benzene rings is 1. The van der Waals surface area contributed by atoms with Crippen LogP contribution in [0.25, 0.3) is 0 Å². The highest BCUT2D eigenvalue weighted by Crippen LogP contribution is 2.25. The van der Waals surface area contributed by atoms with Crippen LogP contribution in [0.2, 0.25) is 0 Å². The highest BCUT2D eigenvalue weighted by Gasteiger charge is 2.21. The molecule has 0 bridgehead atoms. The number of aliphatic hydroxyl groups excluding tert-OH is 1. The zero-order chi connectivity index (χ0) is 15.5. The first-order valence-corrected chi connectivity index (χ1v) is 8.53. The average molecular weight is 371 g/mol. The quantitative estimate of drug-likeness (QED) is 0.846. The Balaban J connectivity index is 2.26. The van der Waals surface area contributed by atoms with E-state index >= 15 is 0 Å². The van der Waals surface area contributed by atoms with Gasteiger partial charge < -0.3 is 5.11 Å². The Hall–Kier alpha value is -1.28. The fraction of sp³-hybridized carbons (Fsp3) is 0.214. The van der Waals surface area contributed by atoms with Gasteiger partial charge in [-0.25, -0.2) is 13.1 Å². The molecule has 5 nitrogen and oxygen atoms in total. The Labute approximate surface area is 132 Å². The number of nitrogens with one attached hydrogen (secondary N) is 1. The van der Waals surface area contributed by atoms with E-state index in [0.717, 1.165) is 5.56 Å². The van der Waals surface area contributed by atoms with Gasteiger partial charge in [-0.05, 0) is 52.2 Å². The average Bonchev–Trinajstić information content (AvgIpc) is 2.47. The molecule has 0 radical (unpaired) electrons. The number of hydrogen-bond donors (Lipinski definition) is 2. The Morgan fingerprint density at radius 1 is 1.38 bits per heavy atom. The highest BCUT2D eigenvalue weighted by atomic mass is 79.9. The molecule has 0 aliphatic rings. The van der Waals surface area contributed by atoms with E-state index in [1.54, 1.807) is 37.5 Å². The second-order valence-corrected chi connectivity index (χ2v) is 7.09. The van der Waals surface area contributed by atoms with Crippen LogP contribution in [-0.2, 0) is 16.6 Å². The summed E-state index contributed by atoms with van der Waals surface area (Å²) in [6.45, 7) is 1.61. The number of aliphatic hydroxyl groups is 1. The summed E-state index contributed by atoms with van der Waals surface area (Å²) in [4.78, 5) is 4.11. The van der Waals surface area contributed by atoms with Gasteiger partial charge in [0.05, 0.1) is 11.5 Å². The van der Waals surface area contributed by atoms with Crippen LogP contribution < -0.4 is 4.72 Å². The third-order valence-electron chi connectivity index (χ3n) is 2.98. The zero-order valence-corrected chi connectivity index (χ0v) is 13.7. The van der Waals surface area contributed by atoms with Crippen molar-refractivity contribution in [1.29, 1.82) is 0 Å². The van der Waals surface area contributed by atoms with Gasteiger partial charge in [0, 0.05) is 22.9 Å². The summed E-state index contributed by atoms with van der Waals surface area (Å²) in [5.74, 6) is 0. The van der Waals surface area contributed by atoms with Gasteiger partial charge in [0.1, 0.15) is 0 Å². The van der Waals surface area contributed by atoms with Gasteiger partial charge in [0.15, 0.2) is 0 Å². The topological polar surface area (TPSA) is 79.3 Å². The van der Waals surface area contributed by atoms with Crippen molar-refractivity contribution in [1.82, 2.24) is 9.71 Å². The van der Waals surface area contributed by atoms with Gasteiger partial charge in [-0.1, -0.05) is 12.1 Å². The van der Waals surface area contributed by atoms with Crippen molar-refractivity contribution >= 4 is 26.0 Å². The third-order valence-corrected chi connectivity index (χ3v) is 5.50. The van der Waals surface area contributed by atoms with E-state index in [0.29, 0.717) is 10.0 Å². The van der Waals surface area contributed by atoms with Crippen molar-refractivity contribution < 1.29 is 13.5 Å². The molecular formula is C14H15BrN2O3S. The first-order chi connectivity index (χ1) is 9.94. The maximum atomic E-state index is 12.4. The van der Waals surface area contributed by atoms with Gasteiger partial charge >= 0.3 is 0 Å². The fourth-order valence-electron chi connectivity index (χ4n) is 1.86. The lowest BCUT2D eigenvalue weighted by molar-refractivity contribution is 0.281. The molecule has 0 aliphatic carbocycles. The van der Waals surface area contributed by atoms with E-state index in [2.05, 4.69) is 25.6 Å². The number of sulfonamides is 1. The van der Waals surface area contributed by atoms with Gasteiger partial charge in [0.2, 0.25) is 10.0 Å². The van der Waals surface area contributed by atoms with Gasteiger partial charge in [-0.3, -0.25) is 4.98 Å². The fourth-order valence-corrected chi connectivity index (χ4v) is 4.21. The van der Waals surface area contributed by atoms with E-state index in [4.69, 9.17) is 5.11 Å². The zero-order valence-electron chi connectivity index (χ0n) is 11.3. The molecule has 0 aliphatic heterocycles. The molecule has 21 heavy (non-hydrogen) atoms. The lowest BCUT2D eigenvalue weighted by atomic mass is 10.2. The minimum absolute atomic E-state index is 0.135. The summed E-state index contributed by atoms with van der Waals surface area (Å²) in [7, 11) is -3.67. The summed E-state index contributed by atoms with van der Waals surface area (Å²) in [5, 5.41) is 9.06. The summed E-state index contributed by atoms with van der Waals surface area (Å²) < 4.78 is 27.8. The van der Waals surface area contributed by atoms with Crippen molar-refractivity contribution in [3.63, 3.8) is 0 Å². The molecule has 0 fully saturated rings. The molecule has 1 unspecified atom stereocenters. The van der Waals surface area contributed by atoms with E-state index in [-0.39, 0.29) is 11.5 Å².